The Balaban J connectivity index is 0.00000392. The second-order valence-electron chi connectivity index (χ2n) is 6.77. The Kier molecular flexibility index (Phi) is 11.8. The Morgan fingerprint density at radius 1 is 1.21 bits per heavy atom. The molecule has 2 rings (SSSR count). The number of aliphatic imine (C=N–C) groups is 1. The van der Waals surface area contributed by atoms with Crippen molar-refractivity contribution < 1.29 is 4.74 Å². The first kappa shape index (κ1) is 24.4. The monoisotopic (exact) mass is 499 g/mol. The van der Waals surface area contributed by atoms with E-state index >= 15 is 0 Å². The summed E-state index contributed by atoms with van der Waals surface area (Å²) in [7, 11) is 0. The Morgan fingerprint density at radius 2 is 2.04 bits per heavy atom. The molecule has 0 saturated heterocycles. The maximum absolute atomic E-state index is 5.81. The molecule has 0 spiro atoms. The molecule has 7 heteroatoms. The summed E-state index contributed by atoms with van der Waals surface area (Å²) < 4.78 is 7.67. The topological polar surface area (TPSA) is 63.5 Å². The van der Waals surface area contributed by atoms with Crippen molar-refractivity contribution in [3.05, 3.63) is 48.3 Å². The van der Waals surface area contributed by atoms with Crippen LogP contribution in [0.3, 0.4) is 0 Å². The molecule has 0 radical (unpaired) electrons. The average Bonchev–Trinajstić information content (AvgIpc) is 3.20. The summed E-state index contributed by atoms with van der Waals surface area (Å²) in [6.45, 7) is 11.6. The van der Waals surface area contributed by atoms with Crippen LogP contribution in [0.25, 0.3) is 5.69 Å². The van der Waals surface area contributed by atoms with Crippen molar-refractivity contribution in [3.8, 4) is 5.69 Å². The second-order valence-corrected chi connectivity index (χ2v) is 6.77. The molecule has 1 atom stereocenters. The van der Waals surface area contributed by atoms with Gasteiger partial charge in [-0.3, -0.25) is 0 Å². The van der Waals surface area contributed by atoms with Crippen molar-refractivity contribution in [1.29, 1.82) is 0 Å². The molecular formula is C21H34IN5O. The van der Waals surface area contributed by atoms with Gasteiger partial charge in [-0.25, -0.2) is 9.67 Å². The Morgan fingerprint density at radius 3 is 2.68 bits per heavy atom. The molecule has 156 valence electrons. The molecule has 0 aliphatic heterocycles. The zero-order valence-electron chi connectivity index (χ0n) is 17.4. The maximum Gasteiger partial charge on any atom is 0.191 e. The highest BCUT2D eigenvalue weighted by molar-refractivity contribution is 14.0. The summed E-state index contributed by atoms with van der Waals surface area (Å²) in [5.74, 6) is 1.34. The molecule has 1 heterocycles. The van der Waals surface area contributed by atoms with Crippen molar-refractivity contribution in [2.24, 2.45) is 10.9 Å². The van der Waals surface area contributed by atoms with E-state index in [0.29, 0.717) is 12.5 Å². The lowest BCUT2D eigenvalue weighted by molar-refractivity contribution is 0.0258. The SMILES string of the molecule is CCNC(=NCc1cccc(-n2cccn2)c1)NCCC(OCC)C(C)C.I. The highest BCUT2D eigenvalue weighted by atomic mass is 127. The fraction of sp³-hybridized carbons (Fsp3) is 0.524. The van der Waals surface area contributed by atoms with Crippen LogP contribution in [0.5, 0.6) is 0 Å². The molecule has 2 aromatic rings. The highest BCUT2D eigenvalue weighted by Gasteiger charge is 2.12. The van der Waals surface area contributed by atoms with Crippen LogP contribution >= 0.6 is 24.0 Å². The van der Waals surface area contributed by atoms with Crippen molar-refractivity contribution >= 4 is 29.9 Å². The lowest BCUT2D eigenvalue weighted by Gasteiger charge is -2.21. The fourth-order valence-corrected chi connectivity index (χ4v) is 2.89. The van der Waals surface area contributed by atoms with E-state index < -0.39 is 0 Å². The Bertz CT molecular complexity index is 688. The Labute approximate surface area is 186 Å². The first-order valence-electron chi connectivity index (χ1n) is 9.86. The van der Waals surface area contributed by atoms with Crippen LogP contribution in [0.15, 0.2) is 47.7 Å². The van der Waals surface area contributed by atoms with Gasteiger partial charge in [0.05, 0.1) is 18.3 Å². The molecular weight excluding hydrogens is 465 g/mol. The summed E-state index contributed by atoms with van der Waals surface area (Å²) >= 11 is 0. The number of nitrogens with one attached hydrogen (secondary N) is 2. The summed E-state index contributed by atoms with van der Waals surface area (Å²) in [5.41, 5.74) is 2.19. The Hall–Kier alpha value is -1.61. The van der Waals surface area contributed by atoms with Crippen LogP contribution in [0.1, 0.15) is 39.7 Å². The van der Waals surface area contributed by atoms with Gasteiger partial charge in [0.15, 0.2) is 5.96 Å². The predicted octanol–water partition coefficient (Wildman–Crippen LogP) is 4.00. The van der Waals surface area contributed by atoms with E-state index in [1.807, 2.05) is 36.0 Å². The predicted molar refractivity (Wildman–Crippen MR) is 127 cm³/mol. The summed E-state index contributed by atoms with van der Waals surface area (Å²) in [6.07, 6.45) is 4.96. The summed E-state index contributed by atoms with van der Waals surface area (Å²) in [5, 5.41) is 11.0. The quantitative estimate of drug-likeness (QED) is 0.295. The number of rotatable bonds is 10. The van der Waals surface area contributed by atoms with Gasteiger partial charge in [-0.05, 0) is 49.9 Å². The fourth-order valence-electron chi connectivity index (χ4n) is 2.89. The zero-order chi connectivity index (χ0) is 19.5. The van der Waals surface area contributed by atoms with Crippen LogP contribution in [-0.2, 0) is 11.3 Å². The van der Waals surface area contributed by atoms with Crippen LogP contribution in [0.2, 0.25) is 0 Å². The molecule has 1 unspecified atom stereocenters. The molecule has 1 aromatic carbocycles. The second kappa shape index (κ2) is 13.5. The number of nitrogens with zero attached hydrogens (tertiary/aromatic N) is 3. The van der Waals surface area contributed by atoms with Gasteiger partial charge in [-0.1, -0.05) is 26.0 Å². The van der Waals surface area contributed by atoms with E-state index in [1.54, 1.807) is 6.20 Å². The van der Waals surface area contributed by atoms with Gasteiger partial charge in [0.2, 0.25) is 0 Å². The molecule has 0 saturated carbocycles. The van der Waals surface area contributed by atoms with Crippen LogP contribution in [0.4, 0.5) is 0 Å². The summed E-state index contributed by atoms with van der Waals surface area (Å²) in [6, 6.07) is 10.2. The molecule has 6 nitrogen and oxygen atoms in total. The van der Waals surface area contributed by atoms with Crippen molar-refractivity contribution in [2.75, 3.05) is 19.7 Å². The van der Waals surface area contributed by atoms with E-state index in [0.717, 1.165) is 43.3 Å². The van der Waals surface area contributed by atoms with Gasteiger partial charge in [0.1, 0.15) is 0 Å². The molecule has 28 heavy (non-hydrogen) atoms. The van der Waals surface area contributed by atoms with E-state index in [-0.39, 0.29) is 30.1 Å². The lowest BCUT2D eigenvalue weighted by atomic mass is 10.0. The van der Waals surface area contributed by atoms with Crippen LogP contribution in [0, 0.1) is 5.92 Å². The largest absolute Gasteiger partial charge is 0.378 e. The van der Waals surface area contributed by atoms with Gasteiger partial charge in [0, 0.05) is 32.1 Å². The van der Waals surface area contributed by atoms with Gasteiger partial charge in [0.25, 0.3) is 0 Å². The number of halogens is 1. The number of ether oxygens (including phenoxy) is 1. The normalized spacial score (nSPS) is 12.5. The minimum absolute atomic E-state index is 0. The lowest BCUT2D eigenvalue weighted by Crippen LogP contribution is -2.39. The molecule has 0 amide bonds. The van der Waals surface area contributed by atoms with Gasteiger partial charge in [-0.15, -0.1) is 24.0 Å². The van der Waals surface area contributed by atoms with Crippen LogP contribution < -0.4 is 10.6 Å². The van der Waals surface area contributed by atoms with E-state index in [2.05, 4.69) is 48.6 Å². The van der Waals surface area contributed by atoms with Crippen molar-refractivity contribution in [1.82, 2.24) is 20.4 Å². The number of hydrogen-bond acceptors (Lipinski definition) is 3. The molecule has 2 N–H and O–H groups in total. The molecule has 0 bridgehead atoms. The van der Waals surface area contributed by atoms with E-state index in [9.17, 15) is 0 Å². The molecule has 1 aromatic heterocycles. The minimum Gasteiger partial charge on any atom is -0.378 e. The number of aromatic nitrogens is 2. The maximum atomic E-state index is 5.81. The third-order valence-corrected chi connectivity index (χ3v) is 4.29. The van der Waals surface area contributed by atoms with E-state index in [1.165, 1.54) is 0 Å². The number of guanidine groups is 1. The minimum atomic E-state index is 0. The van der Waals surface area contributed by atoms with Gasteiger partial charge < -0.3 is 15.4 Å². The standard InChI is InChI=1S/C21H33N5O.HI/c1-5-22-21(23-13-11-20(17(3)4)27-6-2)24-16-18-9-7-10-19(15-18)26-14-8-12-25-26;/h7-10,12,14-15,17,20H,5-6,11,13,16H2,1-4H3,(H2,22,23,24);1H. The van der Waals surface area contributed by atoms with Gasteiger partial charge in [-0.2, -0.15) is 5.10 Å². The van der Waals surface area contributed by atoms with E-state index in [4.69, 9.17) is 9.73 Å². The molecule has 0 fully saturated rings. The smallest absolute Gasteiger partial charge is 0.191 e. The zero-order valence-corrected chi connectivity index (χ0v) is 19.7. The third kappa shape index (κ3) is 8.18. The van der Waals surface area contributed by atoms with Crippen LogP contribution in [-0.4, -0.2) is 41.5 Å². The summed E-state index contributed by atoms with van der Waals surface area (Å²) in [4.78, 5) is 4.72. The highest BCUT2D eigenvalue weighted by Crippen LogP contribution is 2.11. The third-order valence-electron chi connectivity index (χ3n) is 4.29. The average molecular weight is 499 g/mol. The number of benzene rings is 1. The van der Waals surface area contributed by atoms with Crippen molar-refractivity contribution in [3.63, 3.8) is 0 Å². The first-order valence-corrected chi connectivity index (χ1v) is 9.86. The molecule has 0 aliphatic rings. The number of hydrogen-bond donors (Lipinski definition) is 2. The van der Waals surface area contributed by atoms with Gasteiger partial charge >= 0.3 is 0 Å². The first-order chi connectivity index (χ1) is 13.1. The molecule has 0 aliphatic carbocycles. The van der Waals surface area contributed by atoms with Crippen molar-refractivity contribution in [2.45, 2.75) is 46.8 Å².